The van der Waals surface area contributed by atoms with Gasteiger partial charge in [-0.05, 0) is 42.7 Å². The van der Waals surface area contributed by atoms with Crippen LogP contribution in [0.15, 0.2) is 66.9 Å². The van der Waals surface area contributed by atoms with Gasteiger partial charge in [0.15, 0.2) is 0 Å². The largest absolute Gasteiger partial charge is 0.496 e. The van der Waals surface area contributed by atoms with Crippen molar-refractivity contribution in [1.29, 1.82) is 0 Å². The number of fused-ring (bicyclic) bond motifs is 1. The van der Waals surface area contributed by atoms with Crippen molar-refractivity contribution in [3.05, 3.63) is 89.1 Å². The highest BCUT2D eigenvalue weighted by atomic mass is 16.5. The number of aliphatic hydroxyl groups is 1. The van der Waals surface area contributed by atoms with Crippen LogP contribution in [0.3, 0.4) is 0 Å². The highest BCUT2D eigenvalue weighted by Crippen LogP contribution is 2.34. The molecule has 36 heavy (non-hydrogen) atoms. The van der Waals surface area contributed by atoms with Crippen molar-refractivity contribution >= 4 is 16.9 Å². The van der Waals surface area contributed by atoms with Crippen molar-refractivity contribution in [3.8, 4) is 11.5 Å². The zero-order valence-electron chi connectivity index (χ0n) is 20.5. The molecule has 4 rings (SSSR count). The first-order valence-corrected chi connectivity index (χ1v) is 11.7. The Hall–Kier alpha value is -3.88. The number of ether oxygens (including phenoxy) is 3. The van der Waals surface area contributed by atoms with Gasteiger partial charge < -0.3 is 24.4 Å². The molecule has 2 N–H and O–H groups in total. The summed E-state index contributed by atoms with van der Waals surface area (Å²) in [5.74, 6) is 0.158. The molecule has 0 amide bonds. The van der Waals surface area contributed by atoms with E-state index in [0.717, 1.165) is 11.1 Å². The van der Waals surface area contributed by atoms with Crippen LogP contribution in [0, 0.1) is 6.92 Å². The van der Waals surface area contributed by atoms with E-state index in [-0.39, 0.29) is 12.1 Å². The van der Waals surface area contributed by atoms with Gasteiger partial charge in [0.05, 0.1) is 32.9 Å². The van der Waals surface area contributed by atoms with Crippen molar-refractivity contribution in [3.63, 3.8) is 0 Å². The van der Waals surface area contributed by atoms with Crippen molar-refractivity contribution in [1.82, 2.24) is 9.78 Å². The average molecular weight is 491 g/mol. The lowest BCUT2D eigenvalue weighted by Crippen LogP contribution is -2.29. The standard InChI is InChI=1S/C28H30N2O6/c1-18-23(34-2)14-21(15-24(18)35-3)27(31)25(36-13-12-19-8-5-4-6-9-19)17-30-16-20-10-7-11-22(28(32)33)26(20)29-30/h4-11,14-16,25,27,31H,12-13,17H2,1-3H3,(H,32,33)/t25-,27-/m0/s1. The van der Waals surface area contributed by atoms with E-state index in [1.165, 1.54) is 6.07 Å². The second-order valence-corrected chi connectivity index (χ2v) is 8.54. The summed E-state index contributed by atoms with van der Waals surface area (Å²) in [6.45, 7) is 2.48. The molecule has 0 unspecified atom stereocenters. The number of aromatic carboxylic acids is 1. The van der Waals surface area contributed by atoms with Gasteiger partial charge in [-0.2, -0.15) is 5.10 Å². The first-order chi connectivity index (χ1) is 17.4. The Morgan fingerprint density at radius 2 is 1.72 bits per heavy atom. The fraction of sp³-hybridized carbons (Fsp3) is 0.286. The predicted octanol–water partition coefficient (Wildman–Crippen LogP) is 4.42. The molecule has 188 valence electrons. The van der Waals surface area contributed by atoms with Crippen LogP contribution in [0.5, 0.6) is 11.5 Å². The summed E-state index contributed by atoms with van der Waals surface area (Å²) in [6.07, 6.45) is 0.747. The quantitative estimate of drug-likeness (QED) is 0.321. The third-order valence-corrected chi connectivity index (χ3v) is 6.21. The Labute approximate surface area is 209 Å². The van der Waals surface area contributed by atoms with Gasteiger partial charge in [-0.15, -0.1) is 0 Å². The van der Waals surface area contributed by atoms with E-state index in [1.807, 2.05) is 43.3 Å². The lowest BCUT2D eigenvalue weighted by Gasteiger charge is -2.25. The molecule has 0 bridgehead atoms. The third-order valence-electron chi connectivity index (χ3n) is 6.21. The molecule has 0 aliphatic carbocycles. The number of benzene rings is 3. The maximum Gasteiger partial charge on any atom is 0.337 e. The summed E-state index contributed by atoms with van der Waals surface area (Å²) >= 11 is 0. The number of aromatic nitrogens is 2. The lowest BCUT2D eigenvalue weighted by molar-refractivity contribution is -0.0480. The van der Waals surface area contributed by atoms with Crippen molar-refractivity contribution in [2.75, 3.05) is 20.8 Å². The zero-order chi connectivity index (χ0) is 25.7. The summed E-state index contributed by atoms with van der Waals surface area (Å²) in [7, 11) is 3.14. The van der Waals surface area contributed by atoms with Gasteiger partial charge in [-0.1, -0.05) is 42.5 Å². The van der Waals surface area contributed by atoms with Gasteiger partial charge in [0.25, 0.3) is 0 Å². The van der Waals surface area contributed by atoms with Crippen LogP contribution in [0.4, 0.5) is 0 Å². The van der Waals surface area contributed by atoms with Gasteiger partial charge in [0.1, 0.15) is 29.2 Å². The fourth-order valence-corrected chi connectivity index (χ4v) is 4.25. The zero-order valence-corrected chi connectivity index (χ0v) is 20.5. The van der Waals surface area contributed by atoms with Crippen LogP contribution in [0.2, 0.25) is 0 Å². The molecule has 1 heterocycles. The number of carboxylic acid groups (broad SMARTS) is 1. The molecule has 0 saturated carbocycles. The number of rotatable bonds is 11. The number of methoxy groups -OCH3 is 2. The molecule has 0 fully saturated rings. The van der Waals surface area contributed by atoms with Gasteiger partial charge >= 0.3 is 5.97 Å². The summed E-state index contributed by atoms with van der Waals surface area (Å²) in [5, 5.41) is 26.1. The number of carboxylic acids is 1. The Morgan fingerprint density at radius 3 is 2.36 bits per heavy atom. The highest BCUT2D eigenvalue weighted by molar-refractivity contribution is 6.01. The molecule has 3 aromatic carbocycles. The minimum atomic E-state index is -1.04. The van der Waals surface area contributed by atoms with Crippen molar-refractivity contribution < 1.29 is 29.2 Å². The molecule has 8 nitrogen and oxygen atoms in total. The van der Waals surface area contributed by atoms with Crippen LogP contribution in [0.25, 0.3) is 10.9 Å². The van der Waals surface area contributed by atoms with Crippen LogP contribution < -0.4 is 9.47 Å². The average Bonchev–Trinajstić information content (AvgIpc) is 3.31. The molecular formula is C28H30N2O6. The van der Waals surface area contributed by atoms with Crippen molar-refractivity contribution in [2.24, 2.45) is 0 Å². The monoisotopic (exact) mass is 490 g/mol. The van der Waals surface area contributed by atoms with Crippen LogP contribution in [-0.4, -0.2) is 52.9 Å². The summed E-state index contributed by atoms with van der Waals surface area (Å²) in [6, 6.07) is 18.5. The number of nitrogens with zero attached hydrogens (tertiary/aromatic N) is 2. The molecule has 1 aromatic heterocycles. The maximum atomic E-state index is 11.6. The van der Waals surface area contributed by atoms with E-state index in [0.29, 0.717) is 41.0 Å². The number of carbonyl (C=O) groups is 1. The summed E-state index contributed by atoms with van der Waals surface area (Å²) in [5.41, 5.74) is 3.06. The van der Waals surface area contributed by atoms with Gasteiger partial charge in [-0.3, -0.25) is 4.68 Å². The van der Waals surface area contributed by atoms with E-state index >= 15 is 0 Å². The Morgan fingerprint density at radius 1 is 1.03 bits per heavy atom. The normalized spacial score (nSPS) is 12.9. The first-order valence-electron chi connectivity index (χ1n) is 11.7. The molecule has 0 radical (unpaired) electrons. The van der Waals surface area contributed by atoms with E-state index in [2.05, 4.69) is 5.10 Å². The second-order valence-electron chi connectivity index (χ2n) is 8.54. The molecule has 4 aromatic rings. The topological polar surface area (TPSA) is 103 Å². The smallest absolute Gasteiger partial charge is 0.337 e. The minimum Gasteiger partial charge on any atom is -0.496 e. The Bertz CT molecular complexity index is 1310. The molecule has 0 aliphatic heterocycles. The first kappa shape index (κ1) is 25.2. The van der Waals surface area contributed by atoms with E-state index < -0.39 is 18.2 Å². The molecule has 2 atom stereocenters. The van der Waals surface area contributed by atoms with Gasteiger partial charge in [0.2, 0.25) is 0 Å². The van der Waals surface area contributed by atoms with Crippen LogP contribution >= 0.6 is 0 Å². The lowest BCUT2D eigenvalue weighted by atomic mass is 10.0. The number of aliphatic hydroxyl groups excluding tert-OH is 1. The molecule has 8 heteroatoms. The summed E-state index contributed by atoms with van der Waals surface area (Å²) < 4.78 is 18.8. The fourth-order valence-electron chi connectivity index (χ4n) is 4.25. The minimum absolute atomic E-state index is 0.126. The number of hydrogen-bond acceptors (Lipinski definition) is 6. The van der Waals surface area contributed by atoms with Crippen LogP contribution in [-0.2, 0) is 17.7 Å². The second kappa shape index (κ2) is 11.2. The van der Waals surface area contributed by atoms with Gasteiger partial charge in [0, 0.05) is 17.1 Å². The number of hydrogen-bond donors (Lipinski definition) is 2. The molecular weight excluding hydrogens is 460 g/mol. The summed E-state index contributed by atoms with van der Waals surface area (Å²) in [4.78, 5) is 11.6. The van der Waals surface area contributed by atoms with Gasteiger partial charge in [-0.25, -0.2) is 4.79 Å². The SMILES string of the molecule is COc1cc([C@H](O)[C@H](Cn2cc3cccc(C(=O)O)c3n2)OCCc2ccccc2)cc(OC)c1C. The third kappa shape index (κ3) is 5.50. The van der Waals surface area contributed by atoms with E-state index in [4.69, 9.17) is 14.2 Å². The maximum absolute atomic E-state index is 11.6. The van der Waals surface area contributed by atoms with E-state index in [1.54, 1.807) is 43.3 Å². The van der Waals surface area contributed by atoms with Crippen LogP contribution in [0.1, 0.15) is 33.2 Å². The van der Waals surface area contributed by atoms with Crippen molar-refractivity contribution in [2.45, 2.75) is 32.1 Å². The molecule has 0 spiro atoms. The Balaban J connectivity index is 1.63. The Kier molecular flexibility index (Phi) is 7.87. The highest BCUT2D eigenvalue weighted by Gasteiger charge is 2.25. The molecule has 0 aliphatic rings. The van der Waals surface area contributed by atoms with E-state index in [9.17, 15) is 15.0 Å². The molecule has 0 saturated heterocycles. The predicted molar refractivity (Wildman–Crippen MR) is 136 cm³/mol.